The molecule has 0 amide bonds. The van der Waals surface area contributed by atoms with Crippen LogP contribution < -0.4 is 10.6 Å². The van der Waals surface area contributed by atoms with Gasteiger partial charge in [-0.3, -0.25) is 5.32 Å². The number of rotatable bonds is 11. The zero-order valence-electron chi connectivity index (χ0n) is 16.7. The Kier molecular flexibility index (Phi) is 8.26. The molecule has 2 rings (SSSR count). The number of ether oxygens (including phenoxy) is 1. The standard InChI is InChI=1S/C22H30N2O4/c1-3-5-15-23-17-11-13-22(14-12-17,24-16-6-4-2)28-21(27)19-10-8-7-9-18(19)20(25)26/h7-13,23-24H,3-6,14-16H2,1-2H3,(H,25,26). The number of allylic oxidation sites excluding steroid dienone is 1. The van der Waals surface area contributed by atoms with Crippen molar-refractivity contribution in [2.75, 3.05) is 13.1 Å². The quantitative estimate of drug-likeness (QED) is 0.304. The Hall–Kier alpha value is -2.60. The lowest BCUT2D eigenvalue weighted by atomic mass is 10.0. The van der Waals surface area contributed by atoms with E-state index in [1.165, 1.54) is 12.1 Å². The minimum absolute atomic E-state index is 0.0518. The van der Waals surface area contributed by atoms with Gasteiger partial charge >= 0.3 is 11.9 Å². The van der Waals surface area contributed by atoms with Crippen molar-refractivity contribution in [3.8, 4) is 0 Å². The van der Waals surface area contributed by atoms with Crippen LogP contribution >= 0.6 is 0 Å². The second-order valence-corrected chi connectivity index (χ2v) is 6.89. The van der Waals surface area contributed by atoms with Gasteiger partial charge in [0, 0.05) is 18.7 Å². The average molecular weight is 386 g/mol. The van der Waals surface area contributed by atoms with E-state index in [-0.39, 0.29) is 11.1 Å². The lowest BCUT2D eigenvalue weighted by Gasteiger charge is -2.33. The summed E-state index contributed by atoms with van der Waals surface area (Å²) in [7, 11) is 0. The zero-order valence-corrected chi connectivity index (χ0v) is 16.7. The number of benzene rings is 1. The molecule has 1 aliphatic rings. The minimum atomic E-state index is -1.15. The molecule has 6 nitrogen and oxygen atoms in total. The van der Waals surface area contributed by atoms with Gasteiger partial charge in [0.25, 0.3) is 0 Å². The fraction of sp³-hybridized carbons (Fsp3) is 0.455. The first kappa shape index (κ1) is 21.7. The highest BCUT2D eigenvalue weighted by Gasteiger charge is 2.33. The van der Waals surface area contributed by atoms with Gasteiger partial charge in [0.2, 0.25) is 0 Å². The molecule has 0 aliphatic heterocycles. The predicted molar refractivity (Wildman–Crippen MR) is 109 cm³/mol. The van der Waals surface area contributed by atoms with Crippen LogP contribution in [0.2, 0.25) is 0 Å². The number of nitrogens with one attached hydrogen (secondary N) is 2. The molecule has 0 spiro atoms. The fourth-order valence-electron chi connectivity index (χ4n) is 2.95. The highest BCUT2D eigenvalue weighted by molar-refractivity contribution is 6.02. The first-order valence-corrected chi connectivity index (χ1v) is 9.95. The Balaban J connectivity index is 2.15. The van der Waals surface area contributed by atoms with Crippen molar-refractivity contribution in [1.82, 2.24) is 10.6 Å². The van der Waals surface area contributed by atoms with Crippen LogP contribution in [0, 0.1) is 0 Å². The van der Waals surface area contributed by atoms with E-state index in [0.717, 1.165) is 37.9 Å². The number of hydrogen-bond acceptors (Lipinski definition) is 5. The third kappa shape index (κ3) is 5.96. The van der Waals surface area contributed by atoms with Crippen molar-refractivity contribution in [3.63, 3.8) is 0 Å². The lowest BCUT2D eigenvalue weighted by Crippen LogP contribution is -2.48. The summed E-state index contributed by atoms with van der Waals surface area (Å²) in [6, 6.07) is 6.10. The van der Waals surface area contributed by atoms with Gasteiger partial charge < -0.3 is 15.2 Å². The molecular formula is C22H30N2O4. The molecule has 3 N–H and O–H groups in total. The van der Waals surface area contributed by atoms with Crippen LogP contribution in [0.4, 0.5) is 0 Å². The van der Waals surface area contributed by atoms with Crippen LogP contribution in [0.1, 0.15) is 66.7 Å². The van der Waals surface area contributed by atoms with Crippen molar-refractivity contribution in [3.05, 3.63) is 59.3 Å². The second-order valence-electron chi connectivity index (χ2n) is 6.89. The van der Waals surface area contributed by atoms with Crippen LogP contribution in [0.25, 0.3) is 0 Å². The molecule has 0 saturated carbocycles. The number of hydrogen-bond donors (Lipinski definition) is 3. The SMILES string of the molecule is CCCCNC1=CCC(NCCCC)(OC(=O)c2ccccc2C(=O)O)C=C1. The second kappa shape index (κ2) is 10.7. The van der Waals surface area contributed by atoms with Gasteiger partial charge in [0.15, 0.2) is 5.72 Å². The van der Waals surface area contributed by atoms with Gasteiger partial charge in [0.05, 0.1) is 11.1 Å². The summed E-state index contributed by atoms with van der Waals surface area (Å²) in [4.78, 5) is 24.2. The van der Waals surface area contributed by atoms with E-state index in [1.807, 2.05) is 18.2 Å². The van der Waals surface area contributed by atoms with Gasteiger partial charge in [-0.1, -0.05) is 44.9 Å². The molecule has 0 fully saturated rings. The van der Waals surface area contributed by atoms with Crippen molar-refractivity contribution >= 4 is 11.9 Å². The first-order chi connectivity index (χ1) is 13.5. The summed E-state index contributed by atoms with van der Waals surface area (Å²) in [6.07, 6.45) is 10.4. The molecule has 28 heavy (non-hydrogen) atoms. The van der Waals surface area contributed by atoms with Crippen LogP contribution in [0.3, 0.4) is 0 Å². The summed E-state index contributed by atoms with van der Waals surface area (Å²) in [6.45, 7) is 5.83. The Morgan fingerprint density at radius 3 is 2.39 bits per heavy atom. The Morgan fingerprint density at radius 2 is 1.79 bits per heavy atom. The zero-order chi connectivity index (χ0) is 20.4. The first-order valence-electron chi connectivity index (χ1n) is 9.95. The van der Waals surface area contributed by atoms with Gasteiger partial charge in [0.1, 0.15) is 0 Å². The molecule has 1 aromatic rings. The van der Waals surface area contributed by atoms with E-state index in [1.54, 1.807) is 12.1 Å². The van der Waals surface area contributed by atoms with Gasteiger partial charge in [-0.15, -0.1) is 0 Å². The smallest absolute Gasteiger partial charge is 0.341 e. The number of carboxylic acids is 1. The molecule has 0 aromatic heterocycles. The monoisotopic (exact) mass is 386 g/mol. The number of esters is 1. The maximum atomic E-state index is 12.8. The van der Waals surface area contributed by atoms with Crippen LogP contribution in [-0.2, 0) is 4.74 Å². The number of carboxylic acid groups (broad SMARTS) is 1. The number of unbranched alkanes of at least 4 members (excludes halogenated alkanes) is 2. The number of aromatic carboxylic acids is 1. The van der Waals surface area contributed by atoms with Crippen LogP contribution in [0.5, 0.6) is 0 Å². The minimum Gasteiger partial charge on any atom is -0.478 e. The van der Waals surface area contributed by atoms with E-state index < -0.39 is 17.7 Å². The van der Waals surface area contributed by atoms with Crippen LogP contribution in [-0.4, -0.2) is 35.9 Å². The maximum Gasteiger partial charge on any atom is 0.341 e. The summed E-state index contributed by atoms with van der Waals surface area (Å²) in [5, 5.41) is 16.0. The summed E-state index contributed by atoms with van der Waals surface area (Å²) >= 11 is 0. The van der Waals surface area contributed by atoms with Crippen molar-refractivity contribution < 1.29 is 19.4 Å². The van der Waals surface area contributed by atoms with E-state index in [4.69, 9.17) is 4.74 Å². The molecule has 152 valence electrons. The molecule has 1 aliphatic carbocycles. The van der Waals surface area contributed by atoms with E-state index >= 15 is 0 Å². The van der Waals surface area contributed by atoms with Crippen LogP contribution in [0.15, 0.2) is 48.2 Å². The molecule has 1 atom stereocenters. The summed E-state index contributed by atoms with van der Waals surface area (Å²) < 4.78 is 5.80. The molecule has 6 heteroatoms. The normalized spacial score (nSPS) is 18.4. The summed E-state index contributed by atoms with van der Waals surface area (Å²) in [5.41, 5.74) is 0.0149. The third-order valence-electron chi connectivity index (χ3n) is 4.62. The molecule has 0 radical (unpaired) electrons. The predicted octanol–water partition coefficient (Wildman–Crippen LogP) is 3.86. The van der Waals surface area contributed by atoms with E-state index in [2.05, 4.69) is 24.5 Å². The molecule has 1 unspecified atom stereocenters. The maximum absolute atomic E-state index is 12.8. The van der Waals surface area contributed by atoms with Gasteiger partial charge in [-0.05, 0) is 43.7 Å². The Bertz CT molecular complexity index is 742. The van der Waals surface area contributed by atoms with Crippen molar-refractivity contribution in [1.29, 1.82) is 0 Å². The molecule has 0 bridgehead atoms. The molecular weight excluding hydrogens is 356 g/mol. The lowest BCUT2D eigenvalue weighted by molar-refractivity contribution is -0.0108. The van der Waals surface area contributed by atoms with Gasteiger partial charge in [-0.2, -0.15) is 0 Å². The van der Waals surface area contributed by atoms with Gasteiger partial charge in [-0.25, -0.2) is 9.59 Å². The molecule has 1 aromatic carbocycles. The largest absolute Gasteiger partial charge is 0.478 e. The highest BCUT2D eigenvalue weighted by atomic mass is 16.6. The Morgan fingerprint density at radius 1 is 1.11 bits per heavy atom. The summed E-state index contributed by atoms with van der Waals surface area (Å²) in [5.74, 6) is -1.80. The average Bonchev–Trinajstić information content (AvgIpc) is 2.70. The van der Waals surface area contributed by atoms with E-state index in [9.17, 15) is 14.7 Å². The van der Waals surface area contributed by atoms with Crippen molar-refractivity contribution in [2.45, 2.75) is 51.7 Å². The fourth-order valence-corrected chi connectivity index (χ4v) is 2.95. The van der Waals surface area contributed by atoms with Crippen molar-refractivity contribution in [2.24, 2.45) is 0 Å². The number of carbonyl (C=O) groups excluding carboxylic acids is 1. The Labute approximate surface area is 166 Å². The highest BCUT2D eigenvalue weighted by Crippen LogP contribution is 2.24. The topological polar surface area (TPSA) is 87.7 Å². The third-order valence-corrected chi connectivity index (χ3v) is 4.62. The number of carbonyl (C=O) groups is 2. The molecule has 0 saturated heterocycles. The van der Waals surface area contributed by atoms with E-state index in [0.29, 0.717) is 13.0 Å². The molecule has 0 heterocycles.